The molecule has 7 atom stereocenters. The van der Waals surface area contributed by atoms with Gasteiger partial charge in [0.05, 0.1) is 60.2 Å². The number of hydrogen-bond donors (Lipinski definition) is 8. The largest absolute Gasteiger partial charge is 0.465 e. The standard InChI is InChI=1S/C49H61N11O7/c1-25(2)41(56-48(63)65-5)45(61)58-15-7-9-37(58)43-52-23-34(54-43)27-12-14-36-29(17-27)20-39-33-13-11-28(21-40(33)67-47(60(36)39)30-18-31(50)22-32(51)19-30)35-24-53-44(55-35)38-10-8-16-59(38)46(62)42(26(3)4)57-49(64)66-6/h11-14,17-26,37-38,41-42,46-47,49,57,62,64H,7-10,15-16,50-51H2,1-6H3,(H,52,54)(H,53,55)(H,56,63)/t37-,38-,41-,42-,46?,47?,49?/m0/s1. The summed E-state index contributed by atoms with van der Waals surface area (Å²) in [5.74, 6) is 1.82. The number of benzene rings is 3. The summed E-state index contributed by atoms with van der Waals surface area (Å²) < 4.78 is 19.0. The Morgan fingerprint density at radius 2 is 1.49 bits per heavy atom. The van der Waals surface area contributed by atoms with E-state index in [1.165, 1.54) is 14.2 Å². The molecule has 6 aromatic rings. The highest BCUT2D eigenvalue weighted by molar-refractivity contribution is 5.92. The van der Waals surface area contributed by atoms with Crippen molar-refractivity contribution in [3.05, 3.63) is 90.3 Å². The molecule has 0 spiro atoms. The lowest BCUT2D eigenvalue weighted by Gasteiger charge is -2.37. The zero-order chi connectivity index (χ0) is 47.3. The van der Waals surface area contributed by atoms with Crippen molar-refractivity contribution in [2.75, 3.05) is 38.8 Å². The van der Waals surface area contributed by atoms with Crippen molar-refractivity contribution in [2.24, 2.45) is 11.8 Å². The van der Waals surface area contributed by atoms with E-state index in [0.29, 0.717) is 36.0 Å². The second kappa shape index (κ2) is 18.7. The lowest BCUT2D eigenvalue weighted by molar-refractivity contribution is -0.135. The van der Waals surface area contributed by atoms with Crippen LogP contribution in [0.3, 0.4) is 0 Å². The number of carbonyl (C=O) groups excluding carboxylic acids is 2. The van der Waals surface area contributed by atoms with Gasteiger partial charge in [-0.1, -0.05) is 39.8 Å². The number of aliphatic hydroxyl groups is 2. The second-order valence-corrected chi connectivity index (χ2v) is 18.5. The number of aliphatic hydroxyl groups excluding tert-OH is 2. The maximum atomic E-state index is 13.8. The molecule has 2 saturated heterocycles. The quantitative estimate of drug-likeness (QED) is 0.0447. The number of amides is 2. The van der Waals surface area contributed by atoms with Crippen LogP contribution >= 0.6 is 0 Å². The molecule has 0 aliphatic carbocycles. The molecule has 0 bridgehead atoms. The molecular formula is C49H61N11O7. The maximum Gasteiger partial charge on any atom is 0.407 e. The highest BCUT2D eigenvalue weighted by atomic mass is 16.6. The SMILES string of the molecule is COC(=O)N[C@H](C(=O)N1CCC[C@H]1c1ncc(-c2ccc3c(c2)cc2n3C(c3cc(N)cc(N)c3)Oc3cc(-c4cnc([C@@H]5CCCN5C(O)[C@@H](NC(O)OC)C(C)C)[nH]4)ccc3-2)[nH]1)C(C)C. The van der Waals surface area contributed by atoms with E-state index < -0.39 is 37.0 Å². The van der Waals surface area contributed by atoms with Gasteiger partial charge in [-0.25, -0.2) is 14.8 Å². The zero-order valence-electron chi connectivity index (χ0n) is 38.7. The zero-order valence-corrected chi connectivity index (χ0v) is 38.7. The molecule has 3 aromatic heterocycles. The number of imidazole rings is 2. The smallest absolute Gasteiger partial charge is 0.407 e. The number of rotatable bonds is 14. The Kier molecular flexibility index (Phi) is 12.7. The van der Waals surface area contributed by atoms with E-state index in [9.17, 15) is 19.8 Å². The number of nitrogens with zero attached hydrogens (tertiary/aromatic N) is 5. The van der Waals surface area contributed by atoms with Gasteiger partial charge in [0.15, 0.2) is 0 Å². The van der Waals surface area contributed by atoms with Crippen molar-refractivity contribution >= 4 is 34.3 Å². The van der Waals surface area contributed by atoms with Gasteiger partial charge in [0, 0.05) is 59.2 Å². The van der Waals surface area contributed by atoms with Gasteiger partial charge in [0.25, 0.3) is 0 Å². The molecule has 9 rings (SSSR count). The summed E-state index contributed by atoms with van der Waals surface area (Å²) in [6.45, 7) is 9.02. The fourth-order valence-electron chi connectivity index (χ4n) is 10.1. The Hall–Kier alpha value is -6.44. The van der Waals surface area contributed by atoms with Gasteiger partial charge in [-0.2, -0.15) is 0 Å². The molecular weight excluding hydrogens is 855 g/mol. The first kappa shape index (κ1) is 45.7. The molecule has 2 amide bonds. The van der Waals surface area contributed by atoms with Crippen LogP contribution in [0.2, 0.25) is 0 Å². The van der Waals surface area contributed by atoms with Crippen LogP contribution in [0.1, 0.15) is 88.9 Å². The lowest BCUT2D eigenvalue weighted by atomic mass is 10.0. The maximum absolute atomic E-state index is 13.8. The summed E-state index contributed by atoms with van der Waals surface area (Å²) >= 11 is 0. The molecule has 18 nitrogen and oxygen atoms in total. The summed E-state index contributed by atoms with van der Waals surface area (Å²) in [5, 5.41) is 28.5. The van der Waals surface area contributed by atoms with E-state index in [4.69, 9.17) is 35.6 Å². The van der Waals surface area contributed by atoms with Crippen LogP contribution in [0.15, 0.2) is 73.1 Å². The molecule has 10 N–H and O–H groups in total. The fraction of sp³-hybridized carbons (Fsp3) is 0.429. The lowest BCUT2D eigenvalue weighted by Crippen LogP contribution is -2.55. The normalized spacial score (nSPS) is 20.1. The average molecular weight is 916 g/mol. The van der Waals surface area contributed by atoms with E-state index in [1.807, 2.05) is 63.1 Å². The number of nitrogens with two attached hydrogens (primary N) is 2. The third-order valence-corrected chi connectivity index (χ3v) is 13.5. The molecule has 6 heterocycles. The number of aromatic nitrogens is 5. The number of anilines is 2. The fourth-order valence-corrected chi connectivity index (χ4v) is 10.1. The summed E-state index contributed by atoms with van der Waals surface area (Å²) in [4.78, 5) is 46.4. The minimum Gasteiger partial charge on any atom is -0.465 e. The Morgan fingerprint density at radius 3 is 2.16 bits per heavy atom. The first-order valence-corrected chi connectivity index (χ1v) is 23.0. The number of nitrogens with one attached hydrogen (secondary N) is 4. The number of aromatic amines is 2. The number of alkyl carbamates (subject to hydrolysis) is 1. The van der Waals surface area contributed by atoms with Crippen molar-refractivity contribution < 1.29 is 34.0 Å². The van der Waals surface area contributed by atoms with Crippen LogP contribution in [-0.2, 0) is 14.3 Å². The predicted octanol–water partition coefficient (Wildman–Crippen LogP) is 6.23. The molecule has 3 aliphatic heterocycles. The van der Waals surface area contributed by atoms with Crippen molar-refractivity contribution in [2.45, 2.75) is 96.4 Å². The molecule has 354 valence electrons. The molecule has 18 heteroatoms. The molecule has 3 aromatic carbocycles. The number of fused-ring (bicyclic) bond motifs is 5. The number of ether oxygens (including phenoxy) is 3. The number of carbonyl (C=O) groups is 2. The Morgan fingerprint density at radius 1 is 0.836 bits per heavy atom. The minimum absolute atomic E-state index is 0.0122. The van der Waals surface area contributed by atoms with Gasteiger partial charge in [-0.15, -0.1) is 0 Å². The van der Waals surface area contributed by atoms with Gasteiger partial charge in [-0.05, 0) is 86.1 Å². The van der Waals surface area contributed by atoms with Gasteiger partial charge in [-0.3, -0.25) is 15.0 Å². The Bertz CT molecular complexity index is 2740. The third-order valence-electron chi connectivity index (χ3n) is 13.5. The first-order chi connectivity index (χ1) is 32.2. The summed E-state index contributed by atoms with van der Waals surface area (Å²) in [6.07, 6.45) is 3.54. The molecule has 3 aliphatic rings. The molecule has 2 fully saturated rings. The first-order valence-electron chi connectivity index (χ1n) is 23.0. The molecule has 67 heavy (non-hydrogen) atoms. The second-order valence-electron chi connectivity index (χ2n) is 18.5. The van der Waals surface area contributed by atoms with Crippen LogP contribution in [0, 0.1) is 11.8 Å². The number of H-pyrrole nitrogens is 2. The van der Waals surface area contributed by atoms with E-state index in [0.717, 1.165) is 81.7 Å². The number of nitrogen functional groups attached to an aromatic ring is 2. The van der Waals surface area contributed by atoms with Crippen LogP contribution in [-0.4, -0.2) is 109 Å². The number of hydrogen-bond acceptors (Lipinski definition) is 13. The monoisotopic (exact) mass is 915 g/mol. The van der Waals surface area contributed by atoms with Gasteiger partial charge < -0.3 is 60.6 Å². The van der Waals surface area contributed by atoms with Gasteiger partial charge in [0.2, 0.25) is 18.5 Å². The molecule has 3 unspecified atom stereocenters. The molecule has 0 saturated carbocycles. The summed E-state index contributed by atoms with van der Waals surface area (Å²) in [6, 6.07) is 18.4. The van der Waals surface area contributed by atoms with Crippen LogP contribution in [0.25, 0.3) is 44.7 Å². The predicted molar refractivity (Wildman–Crippen MR) is 254 cm³/mol. The van der Waals surface area contributed by atoms with Crippen molar-refractivity contribution in [3.63, 3.8) is 0 Å². The van der Waals surface area contributed by atoms with Gasteiger partial charge >= 0.3 is 6.09 Å². The summed E-state index contributed by atoms with van der Waals surface area (Å²) in [5.41, 5.74) is 20.8. The number of methoxy groups -OCH3 is 2. The summed E-state index contributed by atoms with van der Waals surface area (Å²) in [7, 11) is 2.70. The van der Waals surface area contributed by atoms with Crippen LogP contribution < -0.4 is 26.8 Å². The van der Waals surface area contributed by atoms with Gasteiger partial charge in [0.1, 0.15) is 29.7 Å². The van der Waals surface area contributed by atoms with E-state index >= 15 is 0 Å². The highest BCUT2D eigenvalue weighted by Gasteiger charge is 2.40. The van der Waals surface area contributed by atoms with Crippen molar-refractivity contribution in [1.82, 2.24) is 44.9 Å². The topological polar surface area (TPSA) is 247 Å². The molecule has 0 radical (unpaired) electrons. The van der Waals surface area contributed by atoms with E-state index in [2.05, 4.69) is 55.5 Å². The highest BCUT2D eigenvalue weighted by Crippen LogP contribution is 2.47. The van der Waals surface area contributed by atoms with E-state index in [-0.39, 0.29) is 29.8 Å². The number of likely N-dealkylation sites (tertiary alicyclic amines) is 2. The van der Waals surface area contributed by atoms with Crippen LogP contribution in [0.4, 0.5) is 16.2 Å². The minimum atomic E-state index is -1.20. The Balaban J connectivity index is 1.02. The van der Waals surface area contributed by atoms with Crippen molar-refractivity contribution in [3.8, 4) is 39.5 Å². The van der Waals surface area contributed by atoms with Crippen molar-refractivity contribution in [1.29, 1.82) is 0 Å². The van der Waals surface area contributed by atoms with Crippen LogP contribution in [0.5, 0.6) is 5.75 Å². The average Bonchev–Trinajstić information content (AvgIpc) is 4.17. The third kappa shape index (κ3) is 8.82. The Labute approximate surface area is 389 Å². The van der Waals surface area contributed by atoms with E-state index in [1.54, 1.807) is 17.2 Å².